The third kappa shape index (κ3) is 4.03. The van der Waals surface area contributed by atoms with Crippen LogP contribution in [0.3, 0.4) is 0 Å². The molecule has 0 saturated carbocycles. The van der Waals surface area contributed by atoms with Crippen molar-refractivity contribution < 1.29 is 13.7 Å². The third-order valence-corrected chi connectivity index (χ3v) is 7.46. The molecule has 28 heavy (non-hydrogen) atoms. The van der Waals surface area contributed by atoms with Crippen LogP contribution in [-0.4, -0.2) is 33.0 Å². The van der Waals surface area contributed by atoms with Crippen LogP contribution in [0.15, 0.2) is 28.8 Å². The number of Topliss-reactive ketones (excluding diaryl/α,β-unsaturated/α-hetero) is 1. The van der Waals surface area contributed by atoms with Crippen LogP contribution >= 0.6 is 22.6 Å². The lowest BCUT2D eigenvalue weighted by Crippen LogP contribution is -2.27. The lowest BCUT2D eigenvalue weighted by molar-refractivity contribution is 0.0876. The van der Waals surface area contributed by atoms with Gasteiger partial charge >= 0.3 is 0 Å². The van der Waals surface area contributed by atoms with Gasteiger partial charge in [0.25, 0.3) is 0 Å². The van der Waals surface area contributed by atoms with Crippen LogP contribution in [0.4, 0.5) is 4.39 Å². The van der Waals surface area contributed by atoms with Crippen LogP contribution in [0.5, 0.6) is 0 Å². The van der Waals surface area contributed by atoms with Crippen molar-refractivity contribution in [3.8, 4) is 11.3 Å². The molecular formula is C22H26FIN2O2. The minimum atomic E-state index is -0.336. The summed E-state index contributed by atoms with van der Waals surface area (Å²) >= 11 is 2.53. The van der Waals surface area contributed by atoms with Gasteiger partial charge in [-0.2, -0.15) is 0 Å². The summed E-state index contributed by atoms with van der Waals surface area (Å²) in [4.78, 5) is 15.7. The molecule has 150 valence electrons. The Morgan fingerprint density at radius 3 is 2.96 bits per heavy atom. The van der Waals surface area contributed by atoms with E-state index < -0.39 is 0 Å². The summed E-state index contributed by atoms with van der Waals surface area (Å²) in [6.45, 7) is 4.41. The van der Waals surface area contributed by atoms with E-state index in [4.69, 9.17) is 4.52 Å². The van der Waals surface area contributed by atoms with E-state index in [-0.39, 0.29) is 23.4 Å². The molecule has 4 rings (SSSR count). The number of carbonyl (C=O) groups is 1. The zero-order valence-electron chi connectivity index (χ0n) is 16.2. The molecule has 1 aromatic carbocycles. The number of ketones is 1. The van der Waals surface area contributed by atoms with Crippen molar-refractivity contribution >= 4 is 28.4 Å². The zero-order valence-corrected chi connectivity index (χ0v) is 18.3. The molecule has 0 N–H and O–H groups in total. The molecule has 6 heteroatoms. The fourth-order valence-electron chi connectivity index (χ4n) is 4.55. The number of hydrogen-bond donors (Lipinski definition) is 0. The molecule has 1 aliphatic carbocycles. The summed E-state index contributed by atoms with van der Waals surface area (Å²) in [5, 5.41) is 4.13. The first-order valence-electron chi connectivity index (χ1n) is 10.2. The van der Waals surface area contributed by atoms with Crippen molar-refractivity contribution in [2.45, 2.75) is 55.4 Å². The number of alkyl halides is 1. The number of carbonyl (C=O) groups excluding carboxylic acids is 1. The largest absolute Gasteiger partial charge is 0.360 e. The number of aromatic nitrogens is 1. The lowest BCUT2D eigenvalue weighted by Gasteiger charge is -2.25. The van der Waals surface area contributed by atoms with Crippen LogP contribution in [0.2, 0.25) is 0 Å². The number of nitrogens with zero attached hydrogens (tertiary/aromatic N) is 2. The molecule has 4 nitrogen and oxygen atoms in total. The van der Waals surface area contributed by atoms with Crippen molar-refractivity contribution in [3.05, 3.63) is 41.4 Å². The standard InChI is InChI=1S/C22H26FIN2O2/c1-14-12-16(6-2-3-10-26-11-5-9-18(26)24)21(27)19-20(25-28-22(14)19)15-7-4-8-17(23)13-15/h4,7-8,13-14,16,18H,2-3,5-6,9-12H2,1H3. The number of benzene rings is 1. The highest BCUT2D eigenvalue weighted by molar-refractivity contribution is 14.1. The number of rotatable bonds is 6. The van der Waals surface area contributed by atoms with Crippen molar-refractivity contribution in [1.82, 2.24) is 10.1 Å². The van der Waals surface area contributed by atoms with E-state index >= 15 is 0 Å². The molecule has 1 fully saturated rings. The average molecular weight is 496 g/mol. The second-order valence-electron chi connectivity index (χ2n) is 8.09. The highest BCUT2D eigenvalue weighted by Gasteiger charge is 2.37. The van der Waals surface area contributed by atoms with Gasteiger partial charge in [0.2, 0.25) is 0 Å². The second-order valence-corrected chi connectivity index (χ2v) is 9.53. The van der Waals surface area contributed by atoms with Crippen LogP contribution in [0, 0.1) is 11.7 Å². The maximum absolute atomic E-state index is 13.7. The van der Waals surface area contributed by atoms with Gasteiger partial charge in [0.05, 0.1) is 9.61 Å². The van der Waals surface area contributed by atoms with E-state index in [0.717, 1.165) is 32.2 Å². The van der Waals surface area contributed by atoms with Gasteiger partial charge in [0.1, 0.15) is 11.5 Å². The molecule has 2 aromatic rings. The molecule has 0 bridgehead atoms. The number of unbranched alkanes of at least 4 members (excludes halogenated alkanes) is 1. The Labute approximate surface area is 179 Å². The summed E-state index contributed by atoms with van der Waals surface area (Å²) in [7, 11) is 0. The van der Waals surface area contributed by atoms with E-state index in [2.05, 4.69) is 39.6 Å². The van der Waals surface area contributed by atoms with Crippen molar-refractivity contribution in [2.75, 3.05) is 13.1 Å². The molecule has 1 aromatic heterocycles. The lowest BCUT2D eigenvalue weighted by atomic mass is 9.77. The molecule has 3 unspecified atom stereocenters. The Balaban J connectivity index is 1.44. The Kier molecular flexibility index (Phi) is 6.16. The molecular weight excluding hydrogens is 470 g/mol. The van der Waals surface area contributed by atoms with Gasteiger partial charge in [-0.1, -0.05) is 53.2 Å². The summed E-state index contributed by atoms with van der Waals surface area (Å²) in [5.41, 5.74) is 1.66. The topological polar surface area (TPSA) is 46.3 Å². The molecule has 2 aliphatic rings. The molecule has 0 radical (unpaired) electrons. The first-order valence-corrected chi connectivity index (χ1v) is 11.5. The SMILES string of the molecule is CC1CC(CCCCN2CCCC2I)C(=O)c2c(-c3cccc(F)c3)noc21. The monoisotopic (exact) mass is 496 g/mol. The zero-order chi connectivity index (χ0) is 19.7. The van der Waals surface area contributed by atoms with Crippen molar-refractivity contribution in [2.24, 2.45) is 5.92 Å². The molecule has 1 aliphatic heterocycles. The number of fused-ring (bicyclic) bond motifs is 1. The van der Waals surface area contributed by atoms with Gasteiger partial charge in [0, 0.05) is 17.4 Å². The summed E-state index contributed by atoms with van der Waals surface area (Å²) in [6.07, 6.45) is 6.48. The summed E-state index contributed by atoms with van der Waals surface area (Å²) in [6, 6.07) is 6.22. The van der Waals surface area contributed by atoms with Gasteiger partial charge in [-0.15, -0.1) is 0 Å². The highest BCUT2D eigenvalue weighted by Crippen LogP contribution is 2.41. The first kappa shape index (κ1) is 20.0. The van der Waals surface area contributed by atoms with Crippen molar-refractivity contribution in [1.29, 1.82) is 0 Å². The average Bonchev–Trinajstić information content (AvgIpc) is 3.29. The minimum Gasteiger partial charge on any atom is -0.360 e. The van der Waals surface area contributed by atoms with Gasteiger partial charge < -0.3 is 4.52 Å². The Bertz CT molecular complexity index is 853. The van der Waals surface area contributed by atoms with Crippen LogP contribution in [0.1, 0.15) is 67.5 Å². The quantitative estimate of drug-likeness (QED) is 0.219. The molecule has 3 atom stereocenters. The fourth-order valence-corrected chi connectivity index (χ4v) is 5.54. The first-order chi connectivity index (χ1) is 13.5. The molecule has 0 amide bonds. The maximum Gasteiger partial charge on any atom is 0.171 e. The van der Waals surface area contributed by atoms with E-state index in [0.29, 0.717) is 26.6 Å². The van der Waals surface area contributed by atoms with E-state index in [9.17, 15) is 9.18 Å². The van der Waals surface area contributed by atoms with E-state index in [1.54, 1.807) is 12.1 Å². The number of likely N-dealkylation sites (tertiary alicyclic amines) is 1. The molecule has 2 heterocycles. The molecule has 1 saturated heterocycles. The van der Waals surface area contributed by atoms with E-state index in [1.807, 2.05) is 0 Å². The third-order valence-electron chi connectivity index (χ3n) is 6.05. The number of hydrogen-bond acceptors (Lipinski definition) is 4. The van der Waals surface area contributed by atoms with Crippen LogP contribution in [-0.2, 0) is 0 Å². The predicted octanol–water partition coefficient (Wildman–Crippen LogP) is 5.81. The number of halogens is 2. The van der Waals surface area contributed by atoms with Gasteiger partial charge in [-0.05, 0) is 57.3 Å². The predicted molar refractivity (Wildman–Crippen MR) is 115 cm³/mol. The Hall–Kier alpha value is -1.28. The second kappa shape index (κ2) is 8.61. The van der Waals surface area contributed by atoms with Crippen LogP contribution < -0.4 is 0 Å². The van der Waals surface area contributed by atoms with Gasteiger partial charge in [0.15, 0.2) is 11.5 Å². The highest BCUT2D eigenvalue weighted by atomic mass is 127. The maximum atomic E-state index is 13.7. The summed E-state index contributed by atoms with van der Waals surface area (Å²) < 4.78 is 19.8. The molecule has 0 spiro atoms. The smallest absolute Gasteiger partial charge is 0.171 e. The van der Waals surface area contributed by atoms with Gasteiger partial charge in [-0.25, -0.2) is 4.39 Å². The minimum absolute atomic E-state index is 0.00295. The van der Waals surface area contributed by atoms with Crippen molar-refractivity contribution in [3.63, 3.8) is 0 Å². The Morgan fingerprint density at radius 2 is 2.21 bits per heavy atom. The normalized spacial score (nSPS) is 25.2. The summed E-state index contributed by atoms with van der Waals surface area (Å²) in [5.74, 6) is 0.595. The van der Waals surface area contributed by atoms with Gasteiger partial charge in [-0.3, -0.25) is 9.69 Å². The Morgan fingerprint density at radius 1 is 1.36 bits per heavy atom. The fraction of sp³-hybridized carbons (Fsp3) is 0.545. The van der Waals surface area contributed by atoms with E-state index in [1.165, 1.54) is 31.5 Å². The van der Waals surface area contributed by atoms with Crippen LogP contribution in [0.25, 0.3) is 11.3 Å².